The van der Waals surface area contributed by atoms with Gasteiger partial charge in [-0.2, -0.15) is 0 Å². The molecule has 15 heavy (non-hydrogen) atoms. The van der Waals surface area contributed by atoms with E-state index in [0.29, 0.717) is 13.0 Å². The van der Waals surface area contributed by atoms with Crippen LogP contribution in [-0.2, 0) is 4.74 Å². The summed E-state index contributed by atoms with van der Waals surface area (Å²) >= 11 is 0. The molecular formula is C10H20N2O3. The van der Waals surface area contributed by atoms with E-state index >= 15 is 0 Å². The van der Waals surface area contributed by atoms with Gasteiger partial charge in [-0.05, 0) is 26.2 Å². The topological polar surface area (TPSA) is 70.6 Å². The number of ether oxygens (including phenoxy) is 1. The first kappa shape index (κ1) is 12.3. The molecule has 0 saturated carbocycles. The van der Waals surface area contributed by atoms with Crippen molar-refractivity contribution in [1.29, 1.82) is 0 Å². The molecule has 5 heteroatoms. The molecule has 2 atom stereocenters. The molecule has 3 N–H and O–H groups in total. The van der Waals surface area contributed by atoms with E-state index in [4.69, 9.17) is 9.84 Å². The molecule has 2 unspecified atom stereocenters. The van der Waals surface area contributed by atoms with Gasteiger partial charge in [0.2, 0.25) is 0 Å². The highest BCUT2D eigenvalue weighted by Crippen LogP contribution is 2.03. The first-order chi connectivity index (χ1) is 7.22. The predicted octanol–water partition coefficient (Wildman–Crippen LogP) is 0.235. The molecule has 5 nitrogen and oxygen atoms in total. The highest BCUT2D eigenvalue weighted by atomic mass is 16.5. The molecule has 1 heterocycles. The van der Waals surface area contributed by atoms with Crippen molar-refractivity contribution in [2.45, 2.75) is 38.3 Å². The molecule has 1 aliphatic heterocycles. The second kappa shape index (κ2) is 6.63. The van der Waals surface area contributed by atoms with Crippen LogP contribution in [0.3, 0.4) is 0 Å². The molecule has 0 aromatic heterocycles. The second-order valence-electron chi connectivity index (χ2n) is 3.95. The summed E-state index contributed by atoms with van der Waals surface area (Å²) in [6.45, 7) is 3.44. The lowest BCUT2D eigenvalue weighted by molar-refractivity contribution is 0.188. The number of nitrogens with one attached hydrogen (secondary N) is 2. The molecular weight excluding hydrogens is 196 g/mol. The number of hydrogen-bond acceptors (Lipinski definition) is 3. The van der Waals surface area contributed by atoms with Crippen LogP contribution in [0.2, 0.25) is 0 Å². The summed E-state index contributed by atoms with van der Waals surface area (Å²) in [5.74, 6) is 0. The van der Waals surface area contributed by atoms with Crippen molar-refractivity contribution in [3.05, 3.63) is 0 Å². The molecule has 0 aromatic carbocycles. The maximum Gasteiger partial charge on any atom is 0.315 e. The van der Waals surface area contributed by atoms with Crippen molar-refractivity contribution in [2.75, 3.05) is 19.8 Å². The van der Waals surface area contributed by atoms with Crippen molar-refractivity contribution >= 4 is 6.03 Å². The van der Waals surface area contributed by atoms with Gasteiger partial charge in [0.1, 0.15) is 0 Å². The quantitative estimate of drug-likeness (QED) is 0.616. The molecule has 1 rings (SSSR count). The molecule has 0 aliphatic carbocycles. The monoisotopic (exact) mass is 216 g/mol. The van der Waals surface area contributed by atoms with E-state index in [2.05, 4.69) is 10.6 Å². The number of amides is 2. The Hall–Kier alpha value is -0.810. The summed E-state index contributed by atoms with van der Waals surface area (Å²) in [7, 11) is 0. The third-order valence-electron chi connectivity index (χ3n) is 2.44. The minimum atomic E-state index is -0.143. The molecule has 1 fully saturated rings. The molecule has 0 radical (unpaired) electrons. The predicted molar refractivity (Wildman–Crippen MR) is 56.7 cm³/mol. The van der Waals surface area contributed by atoms with Crippen LogP contribution in [0.4, 0.5) is 4.79 Å². The molecule has 0 spiro atoms. The Balaban J connectivity index is 2.11. The van der Waals surface area contributed by atoms with Crippen LogP contribution in [0, 0.1) is 0 Å². The fourth-order valence-electron chi connectivity index (χ4n) is 1.57. The molecule has 1 saturated heterocycles. The average molecular weight is 216 g/mol. The van der Waals surface area contributed by atoms with E-state index < -0.39 is 0 Å². The first-order valence-electron chi connectivity index (χ1n) is 5.48. The van der Waals surface area contributed by atoms with Crippen LogP contribution < -0.4 is 10.6 Å². The number of urea groups is 1. The molecule has 0 bridgehead atoms. The Kier molecular flexibility index (Phi) is 5.42. The Morgan fingerprint density at radius 1 is 1.67 bits per heavy atom. The van der Waals surface area contributed by atoms with Crippen LogP contribution in [0.15, 0.2) is 0 Å². The fourth-order valence-corrected chi connectivity index (χ4v) is 1.57. The molecule has 0 aromatic rings. The third kappa shape index (κ3) is 4.99. The largest absolute Gasteiger partial charge is 0.396 e. The van der Waals surface area contributed by atoms with E-state index in [0.717, 1.165) is 19.4 Å². The number of aliphatic hydroxyl groups is 1. The highest BCUT2D eigenvalue weighted by Gasteiger charge is 2.18. The lowest BCUT2D eigenvalue weighted by atomic mass is 10.2. The maximum atomic E-state index is 11.4. The first-order valence-corrected chi connectivity index (χ1v) is 5.48. The smallest absolute Gasteiger partial charge is 0.315 e. The third-order valence-corrected chi connectivity index (χ3v) is 2.44. The van der Waals surface area contributed by atoms with Crippen molar-refractivity contribution in [3.63, 3.8) is 0 Å². The molecule has 88 valence electrons. The fraction of sp³-hybridized carbons (Fsp3) is 0.900. The second-order valence-corrected chi connectivity index (χ2v) is 3.95. The summed E-state index contributed by atoms with van der Waals surface area (Å²) in [4.78, 5) is 11.4. The zero-order valence-electron chi connectivity index (χ0n) is 9.16. The summed E-state index contributed by atoms with van der Waals surface area (Å²) in [5, 5.41) is 14.3. The van der Waals surface area contributed by atoms with E-state index in [1.807, 2.05) is 6.92 Å². The molecule has 1 aliphatic rings. The van der Waals surface area contributed by atoms with Crippen LogP contribution in [0.25, 0.3) is 0 Å². The van der Waals surface area contributed by atoms with Gasteiger partial charge in [-0.3, -0.25) is 0 Å². The number of rotatable bonds is 5. The molecule has 2 amide bonds. The highest BCUT2D eigenvalue weighted by molar-refractivity contribution is 5.74. The van der Waals surface area contributed by atoms with Crippen LogP contribution >= 0.6 is 0 Å². The number of carbonyl (C=O) groups is 1. The van der Waals surface area contributed by atoms with E-state index in [1.54, 1.807) is 0 Å². The lowest BCUT2D eigenvalue weighted by Gasteiger charge is -2.16. The standard InChI is InChI=1S/C10H20N2O3/c1-8(3-2-5-13)11-10(14)12-9-4-6-15-7-9/h8-9,13H,2-7H2,1H3,(H2,11,12,14). The van der Waals surface area contributed by atoms with Crippen molar-refractivity contribution in [1.82, 2.24) is 10.6 Å². The summed E-state index contributed by atoms with van der Waals surface area (Å²) in [5.41, 5.74) is 0. The maximum absolute atomic E-state index is 11.4. The van der Waals surface area contributed by atoms with E-state index in [1.165, 1.54) is 0 Å². The SMILES string of the molecule is CC(CCCO)NC(=O)NC1CCOC1. The van der Waals surface area contributed by atoms with Gasteiger partial charge in [0.05, 0.1) is 12.6 Å². The zero-order valence-corrected chi connectivity index (χ0v) is 9.16. The van der Waals surface area contributed by atoms with Gasteiger partial charge < -0.3 is 20.5 Å². The van der Waals surface area contributed by atoms with Gasteiger partial charge in [-0.15, -0.1) is 0 Å². The Bertz CT molecular complexity index is 193. The van der Waals surface area contributed by atoms with Crippen LogP contribution in [0.1, 0.15) is 26.2 Å². The van der Waals surface area contributed by atoms with Gasteiger partial charge in [0.25, 0.3) is 0 Å². The van der Waals surface area contributed by atoms with Gasteiger partial charge in [0.15, 0.2) is 0 Å². The lowest BCUT2D eigenvalue weighted by Crippen LogP contribution is -2.45. The average Bonchev–Trinajstić information content (AvgIpc) is 2.67. The van der Waals surface area contributed by atoms with Crippen LogP contribution in [-0.4, -0.2) is 43.0 Å². The Morgan fingerprint density at radius 3 is 3.07 bits per heavy atom. The van der Waals surface area contributed by atoms with E-state index in [9.17, 15) is 4.79 Å². The number of carbonyl (C=O) groups excluding carboxylic acids is 1. The van der Waals surface area contributed by atoms with Crippen LogP contribution in [0.5, 0.6) is 0 Å². The van der Waals surface area contributed by atoms with Gasteiger partial charge in [0, 0.05) is 19.3 Å². The van der Waals surface area contributed by atoms with Gasteiger partial charge >= 0.3 is 6.03 Å². The van der Waals surface area contributed by atoms with Crippen molar-refractivity contribution in [3.8, 4) is 0 Å². The number of hydrogen-bond donors (Lipinski definition) is 3. The van der Waals surface area contributed by atoms with Gasteiger partial charge in [-0.1, -0.05) is 0 Å². The normalized spacial score (nSPS) is 22.4. The van der Waals surface area contributed by atoms with Crippen molar-refractivity contribution < 1.29 is 14.6 Å². The number of aliphatic hydroxyl groups excluding tert-OH is 1. The summed E-state index contributed by atoms with van der Waals surface area (Å²) in [6.07, 6.45) is 2.40. The summed E-state index contributed by atoms with van der Waals surface area (Å²) < 4.78 is 5.15. The van der Waals surface area contributed by atoms with Crippen molar-refractivity contribution in [2.24, 2.45) is 0 Å². The van der Waals surface area contributed by atoms with E-state index in [-0.39, 0.29) is 24.7 Å². The minimum Gasteiger partial charge on any atom is -0.396 e. The Labute approximate surface area is 90.2 Å². The Morgan fingerprint density at radius 2 is 2.47 bits per heavy atom. The minimum absolute atomic E-state index is 0.0967. The van der Waals surface area contributed by atoms with Gasteiger partial charge in [-0.25, -0.2) is 4.79 Å². The summed E-state index contributed by atoms with van der Waals surface area (Å²) in [6, 6.07) is 0.102. The zero-order chi connectivity index (χ0) is 11.1.